The summed E-state index contributed by atoms with van der Waals surface area (Å²) in [6, 6.07) is 14.6. The summed E-state index contributed by atoms with van der Waals surface area (Å²) in [5, 5.41) is 2.39. The summed E-state index contributed by atoms with van der Waals surface area (Å²) >= 11 is 0. The highest BCUT2D eigenvalue weighted by atomic mass is 16.2. The van der Waals surface area contributed by atoms with E-state index < -0.39 is 6.04 Å². The first kappa shape index (κ1) is 27.3. The molecule has 1 atom stereocenters. The van der Waals surface area contributed by atoms with Gasteiger partial charge in [0.2, 0.25) is 11.8 Å². The van der Waals surface area contributed by atoms with Gasteiger partial charge in [0.1, 0.15) is 6.04 Å². The van der Waals surface area contributed by atoms with Crippen molar-refractivity contribution >= 4 is 34.8 Å². The minimum atomic E-state index is -0.566. The van der Waals surface area contributed by atoms with Crippen LogP contribution in [0.2, 0.25) is 0 Å². The molecule has 4 heterocycles. The molecule has 0 bridgehead atoms. The third-order valence-corrected chi connectivity index (χ3v) is 10.8. The molecule has 42 heavy (non-hydrogen) atoms. The number of nitrogen functional groups attached to an aromatic ring is 1. The van der Waals surface area contributed by atoms with Gasteiger partial charge >= 0.3 is 0 Å². The number of fused-ring (bicyclic) bond motifs is 1. The van der Waals surface area contributed by atoms with Crippen LogP contribution >= 0.6 is 0 Å². The molecule has 1 aliphatic carbocycles. The summed E-state index contributed by atoms with van der Waals surface area (Å²) in [4.78, 5) is 46.4. The number of benzene rings is 2. The van der Waals surface area contributed by atoms with Gasteiger partial charge in [0, 0.05) is 80.9 Å². The maximum Gasteiger partial charge on any atom is 0.255 e. The molecule has 3 N–H and O–H groups in total. The zero-order valence-corrected chi connectivity index (χ0v) is 24.4. The highest BCUT2D eigenvalue weighted by Gasteiger charge is 2.41. The number of hydrogen-bond donors (Lipinski definition) is 2. The van der Waals surface area contributed by atoms with Crippen LogP contribution in [0.5, 0.6) is 0 Å². The number of nitrogens with two attached hydrogens (primary N) is 1. The first-order valence-electron chi connectivity index (χ1n) is 15.7. The topological polar surface area (TPSA) is 102 Å². The number of rotatable bonds is 4. The van der Waals surface area contributed by atoms with Crippen molar-refractivity contribution in [3.8, 4) is 0 Å². The van der Waals surface area contributed by atoms with E-state index in [0.29, 0.717) is 30.0 Å². The second-order valence-electron chi connectivity index (χ2n) is 13.1. The molecule has 0 aromatic heterocycles. The monoisotopic (exact) mass is 570 g/mol. The molecule has 2 aromatic carbocycles. The molecule has 4 fully saturated rings. The summed E-state index contributed by atoms with van der Waals surface area (Å²) in [6.45, 7) is 6.97. The normalized spacial score (nSPS) is 25.2. The van der Waals surface area contributed by atoms with Crippen LogP contribution in [0.15, 0.2) is 42.5 Å². The summed E-state index contributed by atoms with van der Waals surface area (Å²) in [5.74, 6) is -0.719. The fourth-order valence-electron chi connectivity index (χ4n) is 8.11. The van der Waals surface area contributed by atoms with Gasteiger partial charge in [0.05, 0.1) is 0 Å². The van der Waals surface area contributed by atoms with E-state index in [9.17, 15) is 14.4 Å². The lowest BCUT2D eigenvalue weighted by atomic mass is 9.66. The van der Waals surface area contributed by atoms with E-state index in [0.717, 1.165) is 50.5 Å². The molecular weight excluding hydrogens is 528 g/mol. The van der Waals surface area contributed by atoms with Gasteiger partial charge in [-0.3, -0.25) is 24.6 Å². The Labute approximate surface area is 248 Å². The fraction of sp³-hybridized carbons (Fsp3) is 0.545. The number of anilines is 3. The minimum absolute atomic E-state index is 0.105. The molecular formula is C33H42N6O3. The van der Waals surface area contributed by atoms with Gasteiger partial charge in [-0.15, -0.1) is 0 Å². The summed E-state index contributed by atoms with van der Waals surface area (Å²) in [6.07, 6.45) is 8.38. The predicted molar refractivity (Wildman–Crippen MR) is 163 cm³/mol. The molecule has 1 unspecified atom stereocenters. The van der Waals surface area contributed by atoms with E-state index in [2.05, 4.69) is 44.3 Å². The lowest BCUT2D eigenvalue weighted by Gasteiger charge is -2.49. The van der Waals surface area contributed by atoms with Crippen molar-refractivity contribution in [3.63, 3.8) is 0 Å². The number of piperidine rings is 2. The molecule has 5 aliphatic rings. The number of imide groups is 1. The van der Waals surface area contributed by atoms with Crippen LogP contribution in [0, 0.1) is 5.41 Å². The van der Waals surface area contributed by atoms with Crippen molar-refractivity contribution in [2.24, 2.45) is 5.41 Å². The quantitative estimate of drug-likeness (QED) is 0.429. The van der Waals surface area contributed by atoms with Crippen molar-refractivity contribution in [1.82, 2.24) is 15.1 Å². The van der Waals surface area contributed by atoms with Crippen LogP contribution in [-0.2, 0) is 16.1 Å². The van der Waals surface area contributed by atoms with Gasteiger partial charge in [-0.2, -0.15) is 0 Å². The molecule has 9 heteroatoms. The Kier molecular flexibility index (Phi) is 7.08. The van der Waals surface area contributed by atoms with Crippen molar-refractivity contribution in [2.75, 3.05) is 54.8 Å². The molecule has 222 valence electrons. The second kappa shape index (κ2) is 10.9. The molecule has 1 spiro atoms. The Hall–Kier alpha value is -3.59. The molecule has 4 aliphatic heterocycles. The second-order valence-corrected chi connectivity index (χ2v) is 13.1. The zero-order valence-electron chi connectivity index (χ0n) is 24.4. The van der Waals surface area contributed by atoms with E-state index in [-0.39, 0.29) is 24.1 Å². The summed E-state index contributed by atoms with van der Waals surface area (Å²) in [5.41, 5.74) is 11.3. The summed E-state index contributed by atoms with van der Waals surface area (Å²) in [7, 11) is 0. The van der Waals surface area contributed by atoms with Crippen LogP contribution in [0.25, 0.3) is 0 Å². The smallest absolute Gasteiger partial charge is 0.255 e. The Morgan fingerprint density at radius 3 is 2.12 bits per heavy atom. The maximum absolute atomic E-state index is 13.1. The van der Waals surface area contributed by atoms with Crippen molar-refractivity contribution in [3.05, 3.63) is 53.6 Å². The molecule has 1 saturated carbocycles. The Morgan fingerprint density at radius 1 is 0.762 bits per heavy atom. The predicted octanol–water partition coefficient (Wildman–Crippen LogP) is 3.38. The fourth-order valence-corrected chi connectivity index (χ4v) is 8.11. The molecule has 3 amide bonds. The third kappa shape index (κ3) is 5.12. The zero-order chi connectivity index (χ0) is 28.8. The lowest BCUT2D eigenvalue weighted by molar-refractivity contribution is -0.136. The lowest BCUT2D eigenvalue weighted by Crippen LogP contribution is -2.52. The van der Waals surface area contributed by atoms with Crippen LogP contribution in [0.3, 0.4) is 0 Å². The average molecular weight is 571 g/mol. The number of amides is 3. The minimum Gasteiger partial charge on any atom is -0.399 e. The highest BCUT2D eigenvalue weighted by Crippen LogP contribution is 2.46. The molecule has 9 nitrogen and oxygen atoms in total. The van der Waals surface area contributed by atoms with E-state index in [1.807, 2.05) is 18.2 Å². The number of carbonyl (C=O) groups excluding carboxylic acids is 3. The van der Waals surface area contributed by atoms with E-state index in [4.69, 9.17) is 5.73 Å². The van der Waals surface area contributed by atoms with Gasteiger partial charge in [-0.05, 0) is 98.4 Å². The van der Waals surface area contributed by atoms with Crippen LogP contribution < -0.4 is 20.9 Å². The van der Waals surface area contributed by atoms with Gasteiger partial charge < -0.3 is 20.4 Å². The van der Waals surface area contributed by atoms with Gasteiger partial charge in [0.15, 0.2) is 0 Å². The standard InChI is InChI=1S/C33H42N6O3/c34-24-1-3-25(4-2-24)37-17-19-38(20-18-37)26-9-11-33(12-10-26)13-15-36(16-14-33)27-5-6-28-23(21-27)22-39(32(28)42)29-7-8-30(40)35-31(29)41/h1-6,21,26,29H,7-20,22,34H2,(H,35,40,41). The SMILES string of the molecule is Nc1ccc(N2CCN(C3CCC4(CC3)CCN(c3ccc5c(c3)CN(C3CCC(=O)NC3=O)C5=O)CC4)CC2)cc1. The third-order valence-electron chi connectivity index (χ3n) is 10.8. The summed E-state index contributed by atoms with van der Waals surface area (Å²) < 4.78 is 0. The average Bonchev–Trinajstić information content (AvgIpc) is 3.33. The van der Waals surface area contributed by atoms with E-state index >= 15 is 0 Å². The van der Waals surface area contributed by atoms with E-state index in [1.54, 1.807) is 4.90 Å². The van der Waals surface area contributed by atoms with Crippen molar-refractivity contribution in [2.45, 2.75) is 70.0 Å². The first-order chi connectivity index (χ1) is 20.4. The number of nitrogens with one attached hydrogen (secondary N) is 1. The Balaban J connectivity index is 0.907. The molecule has 2 aromatic rings. The van der Waals surface area contributed by atoms with E-state index in [1.165, 1.54) is 49.9 Å². The molecule has 3 saturated heterocycles. The van der Waals surface area contributed by atoms with Gasteiger partial charge in [-0.1, -0.05) is 0 Å². The highest BCUT2D eigenvalue weighted by molar-refractivity contribution is 6.05. The Bertz CT molecular complexity index is 1350. The number of carbonyl (C=O) groups is 3. The van der Waals surface area contributed by atoms with Crippen LogP contribution in [-0.4, -0.2) is 78.9 Å². The van der Waals surface area contributed by atoms with Crippen molar-refractivity contribution in [1.29, 1.82) is 0 Å². The van der Waals surface area contributed by atoms with Gasteiger partial charge in [0.25, 0.3) is 5.91 Å². The first-order valence-corrected chi connectivity index (χ1v) is 15.7. The van der Waals surface area contributed by atoms with Crippen LogP contribution in [0.1, 0.15) is 67.3 Å². The molecule has 7 rings (SSSR count). The largest absolute Gasteiger partial charge is 0.399 e. The Morgan fingerprint density at radius 2 is 1.43 bits per heavy atom. The van der Waals surface area contributed by atoms with Crippen molar-refractivity contribution < 1.29 is 14.4 Å². The van der Waals surface area contributed by atoms with Crippen LogP contribution in [0.4, 0.5) is 17.1 Å². The van der Waals surface area contributed by atoms with Gasteiger partial charge in [-0.25, -0.2) is 0 Å². The number of nitrogens with zero attached hydrogens (tertiary/aromatic N) is 4. The maximum atomic E-state index is 13.1. The molecule has 0 radical (unpaired) electrons. The number of hydrogen-bond acceptors (Lipinski definition) is 7. The number of piperazine rings is 1.